The number of rotatable bonds is 3. The smallest absolute Gasteiger partial charge is 0.172 e. The van der Waals surface area contributed by atoms with Gasteiger partial charge in [-0.2, -0.15) is 5.10 Å². The fourth-order valence-electron chi connectivity index (χ4n) is 1.63. The van der Waals surface area contributed by atoms with E-state index in [-0.39, 0.29) is 0 Å². The van der Waals surface area contributed by atoms with E-state index in [0.29, 0.717) is 11.8 Å². The lowest BCUT2D eigenvalue weighted by Crippen LogP contribution is -2.01. The van der Waals surface area contributed by atoms with E-state index in [1.165, 1.54) is 12.8 Å². The maximum Gasteiger partial charge on any atom is 0.172 e. The average molecular weight is 235 g/mol. The maximum absolute atomic E-state index is 5.72. The lowest BCUT2D eigenvalue weighted by atomic mass is 10.3. The van der Waals surface area contributed by atoms with Gasteiger partial charge in [-0.25, -0.2) is 9.67 Å². The van der Waals surface area contributed by atoms with Crippen LogP contribution in [-0.4, -0.2) is 19.7 Å². The lowest BCUT2D eigenvalue weighted by molar-refractivity contribution is 0.800. The van der Waals surface area contributed by atoms with E-state index < -0.39 is 0 Å². The van der Waals surface area contributed by atoms with Gasteiger partial charge < -0.3 is 0 Å². The Balaban J connectivity index is 1.93. The van der Waals surface area contributed by atoms with Gasteiger partial charge >= 0.3 is 0 Å². The Kier molecular flexibility index (Phi) is 2.36. The Hall–Kier alpha value is -1.42. The molecular weight excluding hydrogens is 224 g/mol. The number of hydrogen-bond donors (Lipinski definition) is 0. The molecule has 1 aliphatic rings. The van der Waals surface area contributed by atoms with E-state index in [4.69, 9.17) is 11.6 Å². The van der Waals surface area contributed by atoms with Crippen molar-refractivity contribution in [3.05, 3.63) is 36.0 Å². The fourth-order valence-corrected chi connectivity index (χ4v) is 1.76. The van der Waals surface area contributed by atoms with E-state index in [2.05, 4.69) is 15.1 Å². The summed E-state index contributed by atoms with van der Waals surface area (Å²) in [7, 11) is 0. The highest BCUT2D eigenvalue weighted by molar-refractivity contribution is 6.16. The van der Waals surface area contributed by atoms with Gasteiger partial charge in [0.05, 0.1) is 23.5 Å². The van der Waals surface area contributed by atoms with E-state index in [0.717, 1.165) is 17.2 Å². The predicted octanol–water partition coefficient (Wildman–Crippen LogP) is 2.28. The average Bonchev–Trinajstić information content (AvgIpc) is 3.07. The van der Waals surface area contributed by atoms with Crippen molar-refractivity contribution in [3.63, 3.8) is 0 Å². The Morgan fingerprint density at radius 2 is 2.25 bits per heavy atom. The summed E-state index contributed by atoms with van der Waals surface area (Å²) in [5, 5.41) is 4.49. The van der Waals surface area contributed by atoms with Gasteiger partial charge in [-0.05, 0) is 18.9 Å². The van der Waals surface area contributed by atoms with Crippen LogP contribution in [0.3, 0.4) is 0 Å². The fraction of sp³-hybridized carbons (Fsp3) is 0.364. The van der Waals surface area contributed by atoms with Gasteiger partial charge in [0, 0.05) is 18.3 Å². The summed E-state index contributed by atoms with van der Waals surface area (Å²) in [4.78, 5) is 8.45. The van der Waals surface area contributed by atoms with Gasteiger partial charge in [0.1, 0.15) is 0 Å². The SMILES string of the molecule is ClCc1cncc(-n2ccc(C3CC3)n2)n1. The molecule has 1 aliphatic carbocycles. The van der Waals surface area contributed by atoms with E-state index in [1.807, 2.05) is 12.3 Å². The topological polar surface area (TPSA) is 43.6 Å². The Bertz CT molecular complexity index is 504. The van der Waals surface area contributed by atoms with Gasteiger partial charge in [-0.1, -0.05) is 0 Å². The highest BCUT2D eigenvalue weighted by Crippen LogP contribution is 2.38. The number of nitrogens with zero attached hydrogens (tertiary/aromatic N) is 4. The van der Waals surface area contributed by atoms with Gasteiger partial charge in [0.2, 0.25) is 0 Å². The minimum Gasteiger partial charge on any atom is -0.259 e. The lowest BCUT2D eigenvalue weighted by Gasteiger charge is -2.01. The molecule has 0 aliphatic heterocycles. The summed E-state index contributed by atoms with van der Waals surface area (Å²) in [6.45, 7) is 0. The van der Waals surface area contributed by atoms with Crippen molar-refractivity contribution in [2.45, 2.75) is 24.6 Å². The van der Waals surface area contributed by atoms with Crippen LogP contribution in [0.1, 0.15) is 30.1 Å². The standard InChI is InChI=1S/C11H11ClN4/c12-5-9-6-13-7-11(14-9)16-4-3-10(15-16)8-1-2-8/h3-4,6-8H,1-2,5H2. The quantitative estimate of drug-likeness (QED) is 0.766. The van der Waals surface area contributed by atoms with Crippen LogP contribution in [0.25, 0.3) is 5.82 Å². The first-order valence-corrected chi connectivity index (χ1v) is 5.83. The van der Waals surface area contributed by atoms with Gasteiger partial charge in [-0.15, -0.1) is 11.6 Å². The van der Waals surface area contributed by atoms with Crippen LogP contribution in [-0.2, 0) is 5.88 Å². The molecule has 1 saturated carbocycles. The van der Waals surface area contributed by atoms with Crippen LogP contribution in [0.15, 0.2) is 24.7 Å². The normalized spacial score (nSPS) is 15.3. The number of alkyl halides is 1. The number of aromatic nitrogens is 4. The number of halogens is 1. The molecule has 16 heavy (non-hydrogen) atoms. The molecule has 1 fully saturated rings. The molecule has 0 amide bonds. The molecule has 0 atom stereocenters. The monoisotopic (exact) mass is 234 g/mol. The van der Waals surface area contributed by atoms with Crippen LogP contribution in [0.5, 0.6) is 0 Å². The van der Waals surface area contributed by atoms with Crippen molar-refractivity contribution in [1.29, 1.82) is 0 Å². The Labute approximate surface area is 98.3 Å². The third-order valence-corrected chi connectivity index (χ3v) is 2.92. The highest BCUT2D eigenvalue weighted by Gasteiger charge is 2.25. The zero-order valence-electron chi connectivity index (χ0n) is 8.67. The molecule has 2 heterocycles. The summed E-state index contributed by atoms with van der Waals surface area (Å²) in [5.41, 5.74) is 1.92. The van der Waals surface area contributed by atoms with E-state index in [1.54, 1.807) is 17.1 Å². The summed E-state index contributed by atoms with van der Waals surface area (Å²) in [6.07, 6.45) is 7.80. The second kappa shape index (κ2) is 3.87. The first-order valence-electron chi connectivity index (χ1n) is 5.29. The van der Waals surface area contributed by atoms with Crippen molar-refractivity contribution >= 4 is 11.6 Å². The Morgan fingerprint density at radius 3 is 3.00 bits per heavy atom. The molecule has 2 aromatic rings. The Morgan fingerprint density at radius 1 is 1.38 bits per heavy atom. The molecule has 0 N–H and O–H groups in total. The van der Waals surface area contributed by atoms with Crippen LogP contribution in [0.2, 0.25) is 0 Å². The molecule has 0 saturated heterocycles. The molecule has 3 rings (SSSR count). The summed E-state index contributed by atoms with van der Waals surface area (Å²) < 4.78 is 1.76. The van der Waals surface area contributed by atoms with E-state index in [9.17, 15) is 0 Å². The zero-order chi connectivity index (χ0) is 11.0. The minimum atomic E-state index is 0.373. The highest BCUT2D eigenvalue weighted by atomic mass is 35.5. The molecule has 2 aromatic heterocycles. The predicted molar refractivity (Wildman–Crippen MR) is 60.7 cm³/mol. The summed E-state index contributed by atoms with van der Waals surface area (Å²) in [5.74, 6) is 1.76. The largest absolute Gasteiger partial charge is 0.259 e. The van der Waals surface area contributed by atoms with Crippen molar-refractivity contribution in [1.82, 2.24) is 19.7 Å². The van der Waals surface area contributed by atoms with Gasteiger partial charge in [0.25, 0.3) is 0 Å². The number of hydrogen-bond acceptors (Lipinski definition) is 3. The molecule has 0 bridgehead atoms. The van der Waals surface area contributed by atoms with Crippen molar-refractivity contribution < 1.29 is 0 Å². The van der Waals surface area contributed by atoms with Crippen LogP contribution in [0, 0.1) is 0 Å². The molecule has 0 unspecified atom stereocenters. The second-order valence-corrected chi connectivity index (χ2v) is 4.23. The maximum atomic E-state index is 5.72. The molecule has 82 valence electrons. The third kappa shape index (κ3) is 1.80. The van der Waals surface area contributed by atoms with Crippen molar-refractivity contribution in [2.24, 2.45) is 0 Å². The van der Waals surface area contributed by atoms with Crippen molar-refractivity contribution in [2.75, 3.05) is 0 Å². The van der Waals surface area contributed by atoms with Gasteiger partial charge in [0.15, 0.2) is 5.82 Å². The van der Waals surface area contributed by atoms with Crippen LogP contribution >= 0.6 is 11.6 Å². The summed E-state index contributed by atoms with van der Waals surface area (Å²) in [6, 6.07) is 2.05. The van der Waals surface area contributed by atoms with Gasteiger partial charge in [-0.3, -0.25) is 4.98 Å². The van der Waals surface area contributed by atoms with Crippen molar-refractivity contribution in [3.8, 4) is 5.82 Å². The molecule has 0 radical (unpaired) electrons. The molecule has 4 nitrogen and oxygen atoms in total. The minimum absolute atomic E-state index is 0.373. The molecule has 0 aromatic carbocycles. The summed E-state index contributed by atoms with van der Waals surface area (Å²) >= 11 is 5.72. The van der Waals surface area contributed by atoms with E-state index >= 15 is 0 Å². The van der Waals surface area contributed by atoms with Crippen LogP contribution in [0.4, 0.5) is 0 Å². The zero-order valence-corrected chi connectivity index (χ0v) is 9.43. The molecule has 0 spiro atoms. The first-order chi connectivity index (χ1) is 7.86. The second-order valence-electron chi connectivity index (χ2n) is 3.96. The first kappa shape index (κ1) is 9.78. The molecule has 5 heteroatoms. The van der Waals surface area contributed by atoms with Crippen LogP contribution < -0.4 is 0 Å². The molecular formula is C11H11ClN4. The third-order valence-electron chi connectivity index (χ3n) is 2.65.